The first-order chi connectivity index (χ1) is 9.06. The number of rotatable bonds is 6. The zero-order chi connectivity index (χ0) is 14.3. The lowest BCUT2D eigenvalue weighted by Gasteiger charge is -2.20. The smallest absolute Gasteiger partial charge is 0.288 e. The molecule has 1 aliphatic rings. The van der Waals surface area contributed by atoms with E-state index in [0.717, 1.165) is 38.5 Å². The van der Waals surface area contributed by atoms with Gasteiger partial charge in [0.1, 0.15) is 6.04 Å². The summed E-state index contributed by atoms with van der Waals surface area (Å²) in [4.78, 5) is 35.3. The Hall–Kier alpha value is -1.39. The Kier molecular flexibility index (Phi) is 6.53. The predicted octanol–water partition coefficient (Wildman–Crippen LogP) is 1.17. The van der Waals surface area contributed by atoms with Crippen LogP contribution in [0, 0.1) is 5.92 Å². The number of nitrogens with one attached hydrogen (secondary N) is 2. The van der Waals surface area contributed by atoms with Gasteiger partial charge in [-0.25, -0.2) is 0 Å². The first-order valence-corrected chi connectivity index (χ1v) is 7.18. The van der Waals surface area contributed by atoms with Crippen LogP contribution < -0.4 is 10.6 Å². The quantitative estimate of drug-likeness (QED) is 0.710. The van der Waals surface area contributed by atoms with Crippen molar-refractivity contribution in [1.29, 1.82) is 0 Å². The minimum absolute atomic E-state index is 0.153. The number of amides is 2. The van der Waals surface area contributed by atoms with Crippen LogP contribution in [0.2, 0.25) is 0 Å². The molecule has 0 heterocycles. The molecule has 1 fully saturated rings. The molecule has 5 nitrogen and oxygen atoms in total. The number of hydrogen-bond acceptors (Lipinski definition) is 3. The van der Waals surface area contributed by atoms with Crippen LogP contribution in [-0.4, -0.2) is 30.2 Å². The lowest BCUT2D eigenvalue weighted by atomic mass is 9.86. The topological polar surface area (TPSA) is 75.3 Å². The minimum atomic E-state index is -0.661. The van der Waals surface area contributed by atoms with Gasteiger partial charge in [-0.15, -0.1) is 0 Å². The fraction of sp³-hybridized carbons (Fsp3) is 0.786. The molecule has 2 N–H and O–H groups in total. The average molecular weight is 268 g/mol. The summed E-state index contributed by atoms with van der Waals surface area (Å²) in [6, 6.07) is -0.661. The molecule has 5 heteroatoms. The van der Waals surface area contributed by atoms with Gasteiger partial charge in [0.2, 0.25) is 11.7 Å². The second kappa shape index (κ2) is 7.92. The summed E-state index contributed by atoms with van der Waals surface area (Å²) in [5.74, 6) is -1.38. The molecule has 0 aliphatic heterocycles. The maximum absolute atomic E-state index is 11.9. The molecule has 2 amide bonds. The summed E-state index contributed by atoms with van der Waals surface area (Å²) in [5, 5.41) is 5.18. The number of hydrogen-bond donors (Lipinski definition) is 2. The maximum Gasteiger partial charge on any atom is 0.288 e. The van der Waals surface area contributed by atoms with E-state index in [1.54, 1.807) is 6.92 Å². The molecule has 0 aromatic carbocycles. The van der Waals surface area contributed by atoms with E-state index in [1.165, 1.54) is 0 Å². The zero-order valence-electron chi connectivity index (χ0n) is 11.8. The molecule has 1 rings (SSSR count). The van der Waals surface area contributed by atoms with Gasteiger partial charge < -0.3 is 10.6 Å². The lowest BCUT2D eigenvalue weighted by Crippen LogP contribution is -2.48. The van der Waals surface area contributed by atoms with Crippen LogP contribution in [-0.2, 0) is 14.4 Å². The normalized spacial score (nSPS) is 17.6. The van der Waals surface area contributed by atoms with E-state index >= 15 is 0 Å². The van der Waals surface area contributed by atoms with Crippen LogP contribution >= 0.6 is 0 Å². The molecular weight excluding hydrogens is 244 g/mol. The van der Waals surface area contributed by atoms with Gasteiger partial charge >= 0.3 is 0 Å². The van der Waals surface area contributed by atoms with E-state index in [0.29, 0.717) is 6.54 Å². The summed E-state index contributed by atoms with van der Waals surface area (Å²) in [6.45, 7) is 4.13. The fourth-order valence-corrected chi connectivity index (χ4v) is 2.28. The molecule has 0 radical (unpaired) electrons. The molecule has 0 saturated heterocycles. The predicted molar refractivity (Wildman–Crippen MR) is 72.5 cm³/mol. The summed E-state index contributed by atoms with van der Waals surface area (Å²) >= 11 is 0. The van der Waals surface area contributed by atoms with E-state index in [1.807, 2.05) is 6.92 Å². The largest absolute Gasteiger partial charge is 0.354 e. The highest BCUT2D eigenvalue weighted by atomic mass is 16.2. The number of carbonyl (C=O) groups is 3. The maximum atomic E-state index is 11.9. The first-order valence-electron chi connectivity index (χ1n) is 7.18. The van der Waals surface area contributed by atoms with Crippen molar-refractivity contribution in [2.45, 2.75) is 58.4 Å². The highest BCUT2D eigenvalue weighted by Gasteiger charge is 2.28. The molecule has 0 aromatic rings. The Bertz CT molecular complexity index is 336. The van der Waals surface area contributed by atoms with Crippen LogP contribution in [0.3, 0.4) is 0 Å². The molecule has 1 atom stereocenters. The van der Waals surface area contributed by atoms with Gasteiger partial charge in [0.15, 0.2) is 0 Å². The van der Waals surface area contributed by atoms with Crippen LogP contribution in [0.1, 0.15) is 52.4 Å². The number of carbonyl (C=O) groups excluding carboxylic acids is 3. The second-order valence-corrected chi connectivity index (χ2v) is 5.19. The number of Topliss-reactive ketones (excluding diaryl/α,β-unsaturated/α-hetero) is 1. The van der Waals surface area contributed by atoms with E-state index in [4.69, 9.17) is 0 Å². The highest BCUT2D eigenvalue weighted by Crippen LogP contribution is 2.24. The van der Waals surface area contributed by atoms with Crippen molar-refractivity contribution in [3.8, 4) is 0 Å². The van der Waals surface area contributed by atoms with Crippen LogP contribution in [0.25, 0.3) is 0 Å². The summed E-state index contributed by atoms with van der Waals surface area (Å²) in [7, 11) is 0. The van der Waals surface area contributed by atoms with Crippen LogP contribution in [0.4, 0.5) is 0 Å². The molecule has 1 aliphatic carbocycles. The second-order valence-electron chi connectivity index (χ2n) is 5.19. The number of ketones is 1. The van der Waals surface area contributed by atoms with Crippen LogP contribution in [0.15, 0.2) is 0 Å². The van der Waals surface area contributed by atoms with Crippen molar-refractivity contribution >= 4 is 17.6 Å². The summed E-state index contributed by atoms with van der Waals surface area (Å²) in [5.41, 5.74) is 0. The van der Waals surface area contributed by atoms with Gasteiger partial charge in [-0.2, -0.15) is 0 Å². The van der Waals surface area contributed by atoms with Crippen molar-refractivity contribution in [3.63, 3.8) is 0 Å². The van der Waals surface area contributed by atoms with Gasteiger partial charge in [-0.05, 0) is 26.2 Å². The van der Waals surface area contributed by atoms with Gasteiger partial charge in [-0.1, -0.05) is 26.2 Å². The van der Waals surface area contributed by atoms with Crippen molar-refractivity contribution in [1.82, 2.24) is 10.6 Å². The van der Waals surface area contributed by atoms with Crippen molar-refractivity contribution in [2.75, 3.05) is 6.54 Å². The van der Waals surface area contributed by atoms with Gasteiger partial charge in [0, 0.05) is 12.5 Å². The Morgan fingerprint density at radius 2 is 1.79 bits per heavy atom. The third-order valence-corrected chi connectivity index (χ3v) is 3.49. The van der Waals surface area contributed by atoms with Gasteiger partial charge in [-0.3, -0.25) is 14.4 Å². The summed E-state index contributed by atoms with van der Waals surface area (Å²) in [6.07, 6.45) is 5.59. The van der Waals surface area contributed by atoms with E-state index in [9.17, 15) is 14.4 Å². The Balaban J connectivity index is 2.40. The fourth-order valence-electron chi connectivity index (χ4n) is 2.28. The Morgan fingerprint density at radius 1 is 1.16 bits per heavy atom. The average Bonchev–Trinajstić information content (AvgIpc) is 2.44. The van der Waals surface area contributed by atoms with E-state index in [-0.39, 0.29) is 17.6 Å². The third kappa shape index (κ3) is 5.01. The highest BCUT2D eigenvalue weighted by molar-refractivity contribution is 6.37. The first kappa shape index (κ1) is 15.7. The zero-order valence-corrected chi connectivity index (χ0v) is 11.8. The monoisotopic (exact) mass is 268 g/mol. The molecule has 1 saturated carbocycles. The standard InChI is InChI=1S/C14H24N2O3/c1-3-9-15-13(18)10(2)16-14(19)12(17)11-7-5-4-6-8-11/h10-11H,3-9H2,1-2H3,(H,15,18)(H,16,19)/t10-/m1/s1. The van der Waals surface area contributed by atoms with Crippen molar-refractivity contribution < 1.29 is 14.4 Å². The molecule has 108 valence electrons. The SMILES string of the molecule is CCCNC(=O)[C@@H](C)NC(=O)C(=O)C1CCCCC1. The van der Waals surface area contributed by atoms with Crippen molar-refractivity contribution in [2.24, 2.45) is 5.92 Å². The lowest BCUT2D eigenvalue weighted by molar-refractivity contribution is -0.142. The minimum Gasteiger partial charge on any atom is -0.354 e. The Labute approximate surface area is 114 Å². The van der Waals surface area contributed by atoms with Crippen molar-refractivity contribution in [3.05, 3.63) is 0 Å². The van der Waals surface area contributed by atoms with Gasteiger partial charge in [0.05, 0.1) is 0 Å². The van der Waals surface area contributed by atoms with E-state index < -0.39 is 11.9 Å². The summed E-state index contributed by atoms with van der Waals surface area (Å²) < 4.78 is 0. The Morgan fingerprint density at radius 3 is 2.37 bits per heavy atom. The molecule has 0 spiro atoms. The van der Waals surface area contributed by atoms with E-state index in [2.05, 4.69) is 10.6 Å². The molecular formula is C14H24N2O3. The third-order valence-electron chi connectivity index (χ3n) is 3.49. The molecule has 19 heavy (non-hydrogen) atoms. The molecule has 0 bridgehead atoms. The molecule has 0 unspecified atom stereocenters. The van der Waals surface area contributed by atoms with Gasteiger partial charge in [0.25, 0.3) is 5.91 Å². The van der Waals surface area contributed by atoms with Crippen LogP contribution in [0.5, 0.6) is 0 Å². The molecule has 0 aromatic heterocycles.